The molecule has 0 aromatic carbocycles. The second kappa shape index (κ2) is 4.71. The summed E-state index contributed by atoms with van der Waals surface area (Å²) < 4.78 is 0.989. The summed E-state index contributed by atoms with van der Waals surface area (Å²) in [6.07, 6.45) is 2.91. The third kappa shape index (κ3) is 3.07. The van der Waals surface area contributed by atoms with E-state index in [0.29, 0.717) is 6.54 Å². The van der Waals surface area contributed by atoms with E-state index in [9.17, 15) is 5.11 Å². The van der Waals surface area contributed by atoms with Gasteiger partial charge in [-0.1, -0.05) is 0 Å². The highest BCUT2D eigenvalue weighted by atomic mass is 127. The molecule has 0 spiro atoms. The highest BCUT2D eigenvalue weighted by molar-refractivity contribution is 14.1. The van der Waals surface area contributed by atoms with E-state index in [4.69, 9.17) is 0 Å². The summed E-state index contributed by atoms with van der Waals surface area (Å²) >= 11 is 2.17. The molecule has 1 rings (SSSR count). The standard InChI is InChI=1S/C8H12IN3O/c1-6(13)4-12(2)8-7(9)3-10-5-11-8/h3,5-6,13H,4H2,1-2H3. The molecule has 0 aliphatic rings. The topological polar surface area (TPSA) is 49.2 Å². The Morgan fingerprint density at radius 2 is 2.38 bits per heavy atom. The number of hydrogen-bond acceptors (Lipinski definition) is 4. The van der Waals surface area contributed by atoms with Crippen molar-refractivity contribution in [2.45, 2.75) is 13.0 Å². The van der Waals surface area contributed by atoms with Gasteiger partial charge in [0, 0.05) is 19.8 Å². The Bertz CT molecular complexity index is 280. The fourth-order valence-corrected chi connectivity index (χ4v) is 1.78. The fraction of sp³-hybridized carbons (Fsp3) is 0.500. The summed E-state index contributed by atoms with van der Waals surface area (Å²) in [5.74, 6) is 0.858. The maximum atomic E-state index is 9.19. The van der Waals surface area contributed by atoms with E-state index in [-0.39, 0.29) is 6.10 Å². The van der Waals surface area contributed by atoms with Crippen LogP contribution in [0.15, 0.2) is 12.5 Å². The first kappa shape index (κ1) is 10.6. The predicted molar refractivity (Wildman–Crippen MR) is 59.7 cm³/mol. The molecule has 1 unspecified atom stereocenters. The molecule has 1 aromatic rings. The van der Waals surface area contributed by atoms with Gasteiger partial charge in [0.15, 0.2) is 0 Å². The summed E-state index contributed by atoms with van der Waals surface area (Å²) in [6, 6.07) is 0. The van der Waals surface area contributed by atoms with Crippen molar-refractivity contribution >= 4 is 28.4 Å². The number of aromatic nitrogens is 2. The van der Waals surface area contributed by atoms with Crippen LogP contribution in [0.3, 0.4) is 0 Å². The van der Waals surface area contributed by atoms with Crippen molar-refractivity contribution in [3.05, 3.63) is 16.1 Å². The minimum absolute atomic E-state index is 0.351. The van der Waals surface area contributed by atoms with Gasteiger partial charge in [0.1, 0.15) is 12.1 Å². The van der Waals surface area contributed by atoms with Crippen LogP contribution in [0.2, 0.25) is 0 Å². The fourth-order valence-electron chi connectivity index (χ4n) is 1.07. The summed E-state index contributed by atoms with van der Waals surface area (Å²) in [4.78, 5) is 9.94. The van der Waals surface area contributed by atoms with Crippen LogP contribution in [0.5, 0.6) is 0 Å². The van der Waals surface area contributed by atoms with E-state index >= 15 is 0 Å². The van der Waals surface area contributed by atoms with Gasteiger partial charge in [-0.05, 0) is 29.5 Å². The number of aliphatic hydroxyl groups excluding tert-OH is 1. The first-order valence-corrected chi connectivity index (χ1v) is 5.04. The Kier molecular flexibility index (Phi) is 3.86. The van der Waals surface area contributed by atoms with E-state index in [1.165, 1.54) is 6.33 Å². The molecule has 0 radical (unpaired) electrons. The van der Waals surface area contributed by atoms with Crippen molar-refractivity contribution in [2.24, 2.45) is 0 Å². The lowest BCUT2D eigenvalue weighted by Crippen LogP contribution is -2.28. The lowest BCUT2D eigenvalue weighted by molar-refractivity contribution is 0.201. The van der Waals surface area contributed by atoms with Gasteiger partial charge < -0.3 is 10.0 Å². The van der Waals surface area contributed by atoms with Crippen molar-refractivity contribution in [2.75, 3.05) is 18.5 Å². The minimum Gasteiger partial charge on any atom is -0.392 e. The van der Waals surface area contributed by atoms with E-state index in [0.717, 1.165) is 9.39 Å². The molecule has 0 aliphatic heterocycles. The van der Waals surface area contributed by atoms with Crippen molar-refractivity contribution < 1.29 is 5.11 Å². The van der Waals surface area contributed by atoms with Gasteiger partial charge in [0.05, 0.1) is 9.67 Å². The SMILES string of the molecule is CC(O)CN(C)c1ncncc1I. The highest BCUT2D eigenvalue weighted by Crippen LogP contribution is 2.16. The summed E-state index contributed by atoms with van der Waals surface area (Å²) in [7, 11) is 1.90. The Morgan fingerprint density at radius 3 is 2.92 bits per heavy atom. The molecular weight excluding hydrogens is 281 g/mol. The molecule has 4 nitrogen and oxygen atoms in total. The smallest absolute Gasteiger partial charge is 0.145 e. The molecule has 13 heavy (non-hydrogen) atoms. The predicted octanol–water partition coefficient (Wildman–Crippen LogP) is 0.898. The van der Waals surface area contributed by atoms with E-state index in [1.54, 1.807) is 13.1 Å². The Labute approximate surface area is 91.1 Å². The van der Waals surface area contributed by atoms with Gasteiger partial charge in [-0.2, -0.15) is 0 Å². The number of rotatable bonds is 3. The van der Waals surface area contributed by atoms with Gasteiger partial charge in [-0.15, -0.1) is 0 Å². The van der Waals surface area contributed by atoms with E-state index in [2.05, 4.69) is 32.6 Å². The van der Waals surface area contributed by atoms with Crippen LogP contribution in [0.4, 0.5) is 5.82 Å². The largest absolute Gasteiger partial charge is 0.392 e. The maximum Gasteiger partial charge on any atom is 0.145 e. The van der Waals surface area contributed by atoms with Crippen LogP contribution in [0.25, 0.3) is 0 Å². The Balaban J connectivity index is 2.76. The van der Waals surface area contributed by atoms with Gasteiger partial charge >= 0.3 is 0 Å². The zero-order chi connectivity index (χ0) is 9.84. The molecule has 1 aromatic heterocycles. The molecule has 5 heteroatoms. The normalized spacial score (nSPS) is 12.6. The van der Waals surface area contributed by atoms with Crippen LogP contribution in [0, 0.1) is 3.57 Å². The maximum absolute atomic E-state index is 9.19. The minimum atomic E-state index is -0.351. The van der Waals surface area contributed by atoms with Crippen molar-refractivity contribution in [3.8, 4) is 0 Å². The molecule has 0 fully saturated rings. The van der Waals surface area contributed by atoms with E-state index in [1.807, 2.05) is 11.9 Å². The molecule has 1 atom stereocenters. The molecule has 1 heterocycles. The number of nitrogens with zero attached hydrogens (tertiary/aromatic N) is 3. The van der Waals surface area contributed by atoms with Crippen LogP contribution in [0.1, 0.15) is 6.92 Å². The average molecular weight is 293 g/mol. The number of likely N-dealkylation sites (N-methyl/N-ethyl adjacent to an activating group) is 1. The molecule has 0 saturated carbocycles. The zero-order valence-electron chi connectivity index (χ0n) is 7.61. The molecule has 0 aliphatic carbocycles. The summed E-state index contributed by atoms with van der Waals surface area (Å²) in [5.41, 5.74) is 0. The second-order valence-electron chi connectivity index (χ2n) is 2.92. The zero-order valence-corrected chi connectivity index (χ0v) is 9.76. The van der Waals surface area contributed by atoms with E-state index < -0.39 is 0 Å². The third-order valence-electron chi connectivity index (χ3n) is 1.55. The quantitative estimate of drug-likeness (QED) is 0.841. The highest BCUT2D eigenvalue weighted by Gasteiger charge is 2.08. The molecule has 72 valence electrons. The molecule has 1 N–H and O–H groups in total. The first-order valence-electron chi connectivity index (χ1n) is 3.96. The number of aliphatic hydroxyl groups is 1. The molecule has 0 amide bonds. The number of anilines is 1. The van der Waals surface area contributed by atoms with Crippen LogP contribution in [-0.2, 0) is 0 Å². The monoisotopic (exact) mass is 293 g/mol. The molecule has 0 bridgehead atoms. The lowest BCUT2D eigenvalue weighted by atomic mass is 10.4. The van der Waals surface area contributed by atoms with Crippen LogP contribution in [-0.4, -0.2) is 34.8 Å². The molecule has 0 saturated heterocycles. The Morgan fingerprint density at radius 1 is 1.69 bits per heavy atom. The van der Waals surface area contributed by atoms with Gasteiger partial charge in [0.2, 0.25) is 0 Å². The van der Waals surface area contributed by atoms with Gasteiger partial charge in [-0.3, -0.25) is 0 Å². The summed E-state index contributed by atoms with van der Waals surface area (Å²) in [5, 5.41) is 9.19. The van der Waals surface area contributed by atoms with Crippen molar-refractivity contribution in [3.63, 3.8) is 0 Å². The summed E-state index contributed by atoms with van der Waals surface area (Å²) in [6.45, 7) is 2.33. The second-order valence-corrected chi connectivity index (χ2v) is 4.09. The number of hydrogen-bond donors (Lipinski definition) is 1. The van der Waals surface area contributed by atoms with Crippen LogP contribution >= 0.6 is 22.6 Å². The number of halogens is 1. The average Bonchev–Trinajstić information content (AvgIpc) is 2.03. The first-order chi connectivity index (χ1) is 6.11. The molecular formula is C8H12IN3O. The van der Waals surface area contributed by atoms with Crippen molar-refractivity contribution in [1.29, 1.82) is 0 Å². The Hall–Kier alpha value is -0.430. The van der Waals surface area contributed by atoms with Crippen molar-refractivity contribution in [1.82, 2.24) is 9.97 Å². The third-order valence-corrected chi connectivity index (χ3v) is 2.31. The van der Waals surface area contributed by atoms with Crippen LogP contribution < -0.4 is 4.90 Å². The lowest BCUT2D eigenvalue weighted by Gasteiger charge is -2.20. The van der Waals surface area contributed by atoms with Gasteiger partial charge in [0.25, 0.3) is 0 Å². The van der Waals surface area contributed by atoms with Gasteiger partial charge in [-0.25, -0.2) is 9.97 Å².